The Hall–Kier alpha value is -0.130. The van der Waals surface area contributed by atoms with Crippen LogP contribution >= 0.6 is 0 Å². The minimum Gasteiger partial charge on any atom is -0.375 e. The summed E-state index contributed by atoms with van der Waals surface area (Å²) in [6, 6.07) is 0. The quantitative estimate of drug-likeness (QED) is 0.732. The smallest absolute Gasteiger partial charge is 0.209 e. The molecule has 0 spiro atoms. The first kappa shape index (κ1) is 16.9. The van der Waals surface area contributed by atoms with E-state index in [-0.39, 0.29) is 16.8 Å². The van der Waals surface area contributed by atoms with Crippen molar-refractivity contribution < 1.29 is 13.2 Å². The summed E-state index contributed by atoms with van der Waals surface area (Å²) in [4.78, 5) is 0. The predicted octanol–water partition coefficient (Wildman–Crippen LogP) is 2.29. The zero-order valence-corrected chi connectivity index (χ0v) is 12.6. The highest BCUT2D eigenvalue weighted by Crippen LogP contribution is 2.30. The van der Waals surface area contributed by atoms with Crippen molar-refractivity contribution in [2.75, 3.05) is 12.4 Å². The average Bonchev–Trinajstić information content (AvgIpc) is 2.23. The van der Waals surface area contributed by atoms with Gasteiger partial charge in [-0.15, -0.1) is 0 Å². The summed E-state index contributed by atoms with van der Waals surface area (Å²) < 4.78 is 28.4. The zero-order valence-electron chi connectivity index (χ0n) is 11.7. The van der Waals surface area contributed by atoms with Crippen molar-refractivity contribution in [1.29, 1.82) is 0 Å². The summed E-state index contributed by atoms with van der Waals surface area (Å²) in [6.07, 6.45) is 2.39. The number of rotatable bonds is 8. The fraction of sp³-hybridized carbons (Fsp3) is 1.00. The second-order valence-electron chi connectivity index (χ2n) is 5.42. The number of hydrogen-bond acceptors (Lipinski definition) is 3. The van der Waals surface area contributed by atoms with Crippen molar-refractivity contribution in [3.63, 3.8) is 0 Å². The fourth-order valence-corrected chi connectivity index (χ4v) is 2.92. The van der Waals surface area contributed by atoms with Crippen molar-refractivity contribution in [3.8, 4) is 0 Å². The average molecular weight is 265 g/mol. The number of hydrogen-bond donors (Lipinski definition) is 1. The Kier molecular flexibility index (Phi) is 6.11. The second-order valence-corrected chi connectivity index (χ2v) is 7.03. The summed E-state index contributed by atoms with van der Waals surface area (Å²) in [5.74, 6) is -0.00715. The van der Waals surface area contributed by atoms with Crippen LogP contribution in [-0.4, -0.2) is 26.4 Å². The van der Waals surface area contributed by atoms with Gasteiger partial charge in [0.05, 0.1) is 18.0 Å². The first-order chi connectivity index (χ1) is 7.60. The molecule has 0 radical (unpaired) electrons. The Bertz CT molecular complexity index is 319. The lowest BCUT2D eigenvalue weighted by Crippen LogP contribution is -2.39. The highest BCUT2D eigenvalue weighted by Gasteiger charge is 2.33. The molecular weight excluding hydrogens is 238 g/mol. The molecule has 0 saturated carbocycles. The predicted molar refractivity (Wildman–Crippen MR) is 71.3 cm³/mol. The molecule has 0 aliphatic carbocycles. The molecule has 0 bridgehead atoms. The van der Waals surface area contributed by atoms with Crippen molar-refractivity contribution in [1.82, 2.24) is 0 Å². The van der Waals surface area contributed by atoms with Gasteiger partial charge < -0.3 is 4.74 Å². The maximum absolute atomic E-state index is 11.3. The molecule has 0 fully saturated rings. The van der Waals surface area contributed by atoms with Crippen LogP contribution in [0.25, 0.3) is 0 Å². The maximum Gasteiger partial charge on any atom is 0.209 e. The van der Waals surface area contributed by atoms with Gasteiger partial charge in [0.2, 0.25) is 10.0 Å². The van der Waals surface area contributed by atoms with Crippen molar-refractivity contribution in [2.24, 2.45) is 10.6 Å². The molecule has 0 amide bonds. The molecule has 0 aliphatic rings. The van der Waals surface area contributed by atoms with Crippen molar-refractivity contribution >= 4 is 10.0 Å². The molecule has 4 nitrogen and oxygen atoms in total. The molecule has 104 valence electrons. The Labute approximate surface area is 106 Å². The van der Waals surface area contributed by atoms with Crippen molar-refractivity contribution in [3.05, 3.63) is 0 Å². The number of nitrogens with two attached hydrogens (primary N) is 1. The van der Waals surface area contributed by atoms with E-state index < -0.39 is 10.0 Å². The first-order valence-electron chi connectivity index (χ1n) is 6.24. The largest absolute Gasteiger partial charge is 0.375 e. The number of sulfonamides is 1. The van der Waals surface area contributed by atoms with Gasteiger partial charge >= 0.3 is 0 Å². The Morgan fingerprint density at radius 2 is 1.53 bits per heavy atom. The normalized spacial score (nSPS) is 14.0. The molecule has 0 rings (SSSR count). The number of ether oxygens (including phenoxy) is 1. The maximum atomic E-state index is 11.3. The molecule has 0 aromatic carbocycles. The third-order valence-corrected chi connectivity index (χ3v) is 4.64. The third kappa shape index (κ3) is 6.38. The standard InChI is InChI=1S/C12H27NO3S/c1-6-11(4,5)16-9-12(7-2,8-3)10-17(13,14)15/h6-10H2,1-5H3,(H2,13,14,15). The van der Waals surface area contributed by atoms with Crippen LogP contribution in [0.2, 0.25) is 0 Å². The van der Waals surface area contributed by atoms with E-state index in [1.54, 1.807) is 0 Å². The Morgan fingerprint density at radius 3 is 1.82 bits per heavy atom. The van der Waals surface area contributed by atoms with Crippen LogP contribution in [0.4, 0.5) is 0 Å². The highest BCUT2D eigenvalue weighted by molar-refractivity contribution is 7.89. The molecule has 0 atom stereocenters. The molecule has 0 aliphatic heterocycles. The van der Waals surface area contributed by atoms with E-state index in [0.29, 0.717) is 6.61 Å². The topological polar surface area (TPSA) is 69.4 Å². The van der Waals surface area contributed by atoms with Crippen LogP contribution in [0.1, 0.15) is 53.9 Å². The van der Waals surface area contributed by atoms with E-state index in [0.717, 1.165) is 19.3 Å². The van der Waals surface area contributed by atoms with Crippen LogP contribution in [0.3, 0.4) is 0 Å². The minimum atomic E-state index is -3.46. The summed E-state index contributed by atoms with van der Waals surface area (Å²) in [5, 5.41) is 5.16. The third-order valence-electron chi connectivity index (χ3n) is 3.63. The monoisotopic (exact) mass is 265 g/mol. The summed E-state index contributed by atoms with van der Waals surface area (Å²) in [7, 11) is -3.46. The van der Waals surface area contributed by atoms with Gasteiger partial charge in [0.25, 0.3) is 0 Å². The van der Waals surface area contributed by atoms with E-state index in [4.69, 9.17) is 9.88 Å². The molecule has 0 heterocycles. The van der Waals surface area contributed by atoms with E-state index in [1.807, 2.05) is 27.7 Å². The van der Waals surface area contributed by atoms with Gasteiger partial charge in [-0.05, 0) is 33.1 Å². The van der Waals surface area contributed by atoms with E-state index in [1.165, 1.54) is 0 Å². The van der Waals surface area contributed by atoms with Gasteiger partial charge in [0, 0.05) is 5.41 Å². The lowest BCUT2D eigenvalue weighted by molar-refractivity contribution is -0.0617. The molecular formula is C12H27NO3S. The highest BCUT2D eigenvalue weighted by atomic mass is 32.2. The summed E-state index contributed by atoms with van der Waals surface area (Å²) in [6.45, 7) is 10.5. The van der Waals surface area contributed by atoms with Gasteiger partial charge in [-0.3, -0.25) is 0 Å². The molecule has 17 heavy (non-hydrogen) atoms. The minimum absolute atomic E-state index is 0.00715. The van der Waals surface area contributed by atoms with Crippen LogP contribution in [0.15, 0.2) is 0 Å². The van der Waals surface area contributed by atoms with Gasteiger partial charge in [-0.2, -0.15) is 0 Å². The Morgan fingerprint density at radius 1 is 1.06 bits per heavy atom. The van der Waals surface area contributed by atoms with E-state index in [2.05, 4.69) is 6.92 Å². The first-order valence-corrected chi connectivity index (χ1v) is 7.96. The molecule has 0 aromatic rings. The van der Waals surface area contributed by atoms with E-state index in [9.17, 15) is 8.42 Å². The van der Waals surface area contributed by atoms with Crippen LogP contribution in [-0.2, 0) is 14.8 Å². The lowest BCUT2D eigenvalue weighted by Gasteiger charge is -2.34. The fourth-order valence-electron chi connectivity index (χ4n) is 1.58. The van der Waals surface area contributed by atoms with Gasteiger partial charge in [0.15, 0.2) is 0 Å². The van der Waals surface area contributed by atoms with Crippen LogP contribution < -0.4 is 5.14 Å². The molecule has 2 N–H and O–H groups in total. The van der Waals surface area contributed by atoms with E-state index >= 15 is 0 Å². The lowest BCUT2D eigenvalue weighted by atomic mass is 9.85. The molecule has 0 saturated heterocycles. The van der Waals surface area contributed by atoms with Gasteiger partial charge in [-0.1, -0.05) is 20.8 Å². The molecule has 0 aromatic heterocycles. The molecule has 5 heteroatoms. The van der Waals surface area contributed by atoms with Crippen molar-refractivity contribution in [2.45, 2.75) is 59.5 Å². The number of primary sulfonamides is 1. The van der Waals surface area contributed by atoms with Crippen LogP contribution in [0.5, 0.6) is 0 Å². The molecule has 0 unspecified atom stereocenters. The van der Waals surface area contributed by atoms with Crippen LogP contribution in [0, 0.1) is 5.41 Å². The second kappa shape index (κ2) is 6.16. The Balaban J connectivity index is 4.74. The SMILES string of the molecule is CCC(CC)(COC(C)(C)CC)CS(N)(=O)=O. The zero-order chi connectivity index (χ0) is 13.7. The van der Waals surface area contributed by atoms with Gasteiger partial charge in [-0.25, -0.2) is 13.6 Å². The summed E-state index contributed by atoms with van der Waals surface area (Å²) in [5.41, 5.74) is -0.575. The summed E-state index contributed by atoms with van der Waals surface area (Å²) >= 11 is 0. The van der Waals surface area contributed by atoms with Gasteiger partial charge in [0.1, 0.15) is 0 Å².